The Kier molecular flexibility index (Phi) is 16.5. The molecular formula is C29H50O. The van der Waals surface area contributed by atoms with Gasteiger partial charge in [-0.15, -0.1) is 0 Å². The second kappa shape index (κ2) is 16.1. The molecule has 1 aliphatic heterocycles. The van der Waals surface area contributed by atoms with Crippen LogP contribution in [0.1, 0.15) is 101 Å². The van der Waals surface area contributed by atoms with Crippen molar-refractivity contribution in [3.8, 4) is 0 Å². The van der Waals surface area contributed by atoms with Crippen molar-refractivity contribution in [2.24, 2.45) is 5.92 Å². The summed E-state index contributed by atoms with van der Waals surface area (Å²) in [4.78, 5) is 0. The lowest BCUT2D eigenvalue weighted by Gasteiger charge is -2.28. The van der Waals surface area contributed by atoms with Crippen molar-refractivity contribution in [3.63, 3.8) is 0 Å². The van der Waals surface area contributed by atoms with Crippen LogP contribution in [0.2, 0.25) is 0 Å². The highest BCUT2D eigenvalue weighted by molar-refractivity contribution is 5.74. The zero-order valence-corrected chi connectivity index (χ0v) is 22.1. The summed E-state index contributed by atoms with van der Waals surface area (Å²) < 4.78 is 6.34. The Balaban J connectivity index is 0. The first-order chi connectivity index (χ1) is 14.4. The summed E-state index contributed by atoms with van der Waals surface area (Å²) in [5, 5.41) is 0. The highest BCUT2D eigenvalue weighted by Gasteiger charge is 2.43. The van der Waals surface area contributed by atoms with Crippen molar-refractivity contribution in [2.45, 2.75) is 107 Å². The Bertz CT molecular complexity index is 630. The molecule has 1 aromatic carbocycles. The highest BCUT2D eigenvalue weighted by Crippen LogP contribution is 2.47. The lowest BCUT2D eigenvalue weighted by Crippen LogP contribution is -2.27. The normalized spacial score (nSPS) is 21.3. The van der Waals surface area contributed by atoms with Crippen LogP contribution in [0.25, 0.3) is 5.57 Å². The number of rotatable bonds is 2. The molecule has 172 valence electrons. The van der Waals surface area contributed by atoms with E-state index in [2.05, 4.69) is 82.3 Å². The van der Waals surface area contributed by atoms with E-state index in [0.29, 0.717) is 5.92 Å². The van der Waals surface area contributed by atoms with Gasteiger partial charge in [-0.2, -0.15) is 0 Å². The minimum absolute atomic E-state index is 0.0902. The maximum atomic E-state index is 6.34. The van der Waals surface area contributed by atoms with Crippen LogP contribution in [-0.4, -0.2) is 11.2 Å². The molecule has 1 heterocycles. The van der Waals surface area contributed by atoms with Crippen molar-refractivity contribution in [2.75, 3.05) is 0 Å². The monoisotopic (exact) mass is 414 g/mol. The smallest absolute Gasteiger partial charge is 0.0850 e. The molecule has 1 saturated heterocycles. The van der Waals surface area contributed by atoms with Crippen molar-refractivity contribution in [1.82, 2.24) is 0 Å². The molecule has 1 unspecified atom stereocenters. The van der Waals surface area contributed by atoms with Gasteiger partial charge in [-0.05, 0) is 50.8 Å². The largest absolute Gasteiger partial charge is 0.365 e. The fourth-order valence-electron chi connectivity index (χ4n) is 3.87. The first kappa shape index (κ1) is 30.6. The molecule has 1 aromatic rings. The molecule has 3 rings (SSSR count). The van der Waals surface area contributed by atoms with Crippen LogP contribution in [-0.2, 0) is 4.74 Å². The molecule has 1 heteroatoms. The van der Waals surface area contributed by atoms with E-state index in [1.54, 1.807) is 0 Å². The number of hydrogen-bond acceptors (Lipinski definition) is 1. The molecular weight excluding hydrogens is 364 g/mol. The Morgan fingerprint density at radius 3 is 1.73 bits per heavy atom. The van der Waals surface area contributed by atoms with E-state index < -0.39 is 0 Å². The summed E-state index contributed by atoms with van der Waals surface area (Å²) in [6.45, 7) is 24.8. The molecule has 0 radical (unpaired) electrons. The van der Waals surface area contributed by atoms with Gasteiger partial charge in [0, 0.05) is 12.3 Å². The summed E-state index contributed by atoms with van der Waals surface area (Å²) in [7, 11) is 0. The Labute approximate surface area is 189 Å². The fraction of sp³-hybridized carbons (Fsp3) is 0.586. The Morgan fingerprint density at radius 1 is 0.800 bits per heavy atom. The number of ether oxygens (including phenoxy) is 1. The molecule has 30 heavy (non-hydrogen) atoms. The van der Waals surface area contributed by atoms with E-state index in [4.69, 9.17) is 4.74 Å². The van der Waals surface area contributed by atoms with Crippen molar-refractivity contribution in [1.29, 1.82) is 0 Å². The molecule has 0 N–H and O–H groups in total. The van der Waals surface area contributed by atoms with Gasteiger partial charge in [0.25, 0.3) is 0 Å². The molecule has 1 fully saturated rings. The van der Waals surface area contributed by atoms with Crippen LogP contribution >= 0.6 is 0 Å². The predicted molar refractivity (Wildman–Crippen MR) is 139 cm³/mol. The topological polar surface area (TPSA) is 9.23 Å². The van der Waals surface area contributed by atoms with Crippen LogP contribution in [0, 0.1) is 5.92 Å². The second-order valence-electron chi connectivity index (χ2n) is 7.46. The molecule has 0 aromatic heterocycles. The maximum absolute atomic E-state index is 6.34. The SMILES string of the molecule is CC.CC.CC.CC.CC1(C)C/C(=C(\c2ccccc2)C2C=CC=CC2)C(C)(C)O1. The minimum Gasteiger partial charge on any atom is -0.365 e. The lowest BCUT2D eigenvalue weighted by atomic mass is 9.79. The third-order valence-electron chi connectivity index (χ3n) is 4.62. The first-order valence-electron chi connectivity index (χ1n) is 12.2. The van der Waals surface area contributed by atoms with Gasteiger partial charge in [0.1, 0.15) is 0 Å². The number of benzene rings is 1. The summed E-state index contributed by atoms with van der Waals surface area (Å²) in [6.07, 6.45) is 11.0. The van der Waals surface area contributed by atoms with Gasteiger partial charge < -0.3 is 4.74 Å². The third-order valence-corrected chi connectivity index (χ3v) is 4.62. The van der Waals surface area contributed by atoms with Crippen LogP contribution in [0.4, 0.5) is 0 Å². The first-order valence-corrected chi connectivity index (χ1v) is 12.2. The van der Waals surface area contributed by atoms with E-state index in [-0.39, 0.29) is 11.2 Å². The average Bonchev–Trinajstić information content (AvgIpc) is 3.02. The van der Waals surface area contributed by atoms with Crippen molar-refractivity contribution in [3.05, 3.63) is 65.8 Å². The molecule has 1 nitrogen and oxygen atoms in total. The highest BCUT2D eigenvalue weighted by atomic mass is 16.5. The van der Waals surface area contributed by atoms with Crippen LogP contribution < -0.4 is 0 Å². The van der Waals surface area contributed by atoms with Crippen LogP contribution in [0.3, 0.4) is 0 Å². The fourth-order valence-corrected chi connectivity index (χ4v) is 3.87. The summed E-state index contributed by atoms with van der Waals surface area (Å²) in [6, 6.07) is 10.8. The van der Waals surface area contributed by atoms with Crippen LogP contribution in [0.15, 0.2) is 60.2 Å². The van der Waals surface area contributed by atoms with E-state index in [1.165, 1.54) is 16.7 Å². The van der Waals surface area contributed by atoms with Crippen molar-refractivity contribution >= 4 is 5.57 Å². The van der Waals surface area contributed by atoms with E-state index in [0.717, 1.165) is 12.8 Å². The molecule has 2 aliphatic rings. The summed E-state index contributed by atoms with van der Waals surface area (Å²) in [5.74, 6) is 0.444. The van der Waals surface area contributed by atoms with Gasteiger partial charge in [-0.1, -0.05) is 110 Å². The van der Waals surface area contributed by atoms with Gasteiger partial charge in [-0.3, -0.25) is 0 Å². The van der Waals surface area contributed by atoms with Gasteiger partial charge in [0.15, 0.2) is 0 Å². The quantitative estimate of drug-likeness (QED) is 0.468. The van der Waals surface area contributed by atoms with E-state index in [9.17, 15) is 0 Å². The zero-order valence-electron chi connectivity index (χ0n) is 22.1. The number of allylic oxidation sites excluding steroid dienone is 5. The molecule has 1 aliphatic carbocycles. The van der Waals surface area contributed by atoms with Crippen LogP contribution in [0.5, 0.6) is 0 Å². The lowest BCUT2D eigenvalue weighted by molar-refractivity contribution is -0.0566. The molecule has 1 atom stereocenters. The third kappa shape index (κ3) is 9.04. The minimum atomic E-state index is -0.205. The number of hydrogen-bond donors (Lipinski definition) is 0. The van der Waals surface area contributed by atoms with E-state index in [1.807, 2.05) is 55.4 Å². The van der Waals surface area contributed by atoms with Gasteiger partial charge in [-0.25, -0.2) is 0 Å². The molecule has 0 bridgehead atoms. The van der Waals surface area contributed by atoms with Crippen molar-refractivity contribution < 1.29 is 4.74 Å². The molecule has 0 amide bonds. The van der Waals surface area contributed by atoms with E-state index >= 15 is 0 Å². The molecule has 0 saturated carbocycles. The molecule has 0 spiro atoms. The predicted octanol–water partition coefficient (Wildman–Crippen LogP) is 9.65. The average molecular weight is 415 g/mol. The summed E-state index contributed by atoms with van der Waals surface area (Å²) in [5.41, 5.74) is 3.94. The van der Waals surface area contributed by atoms with Gasteiger partial charge in [0.05, 0.1) is 11.2 Å². The Morgan fingerprint density at radius 2 is 1.33 bits per heavy atom. The maximum Gasteiger partial charge on any atom is 0.0850 e. The summed E-state index contributed by atoms with van der Waals surface area (Å²) >= 11 is 0. The second-order valence-corrected chi connectivity index (χ2v) is 7.46. The van der Waals surface area contributed by atoms with Gasteiger partial charge in [0.2, 0.25) is 0 Å². The standard InChI is InChI=1S/C21H26O.4C2H6/c1-20(2)15-18(21(3,4)22-20)19(16-11-7-5-8-12-16)17-13-9-6-10-14-17;4*1-2/h5-13,17H,14-15H2,1-4H3;4*1-2H3/b19-18-;;;;. The Hall–Kier alpha value is -1.60. The van der Waals surface area contributed by atoms with Gasteiger partial charge >= 0.3 is 0 Å². The zero-order chi connectivity index (χ0) is 23.8.